The zero-order valence-corrected chi connectivity index (χ0v) is 65.9. The van der Waals surface area contributed by atoms with Crippen molar-refractivity contribution in [2.45, 2.75) is 419 Å². The molecule has 19 heteroatoms. The molecule has 0 aliphatic heterocycles. The number of carbonyl (C=O) groups is 4. The van der Waals surface area contributed by atoms with E-state index in [1.165, 1.54) is 205 Å². The third-order valence-electron chi connectivity index (χ3n) is 18.2. The number of rotatable bonds is 78. The van der Waals surface area contributed by atoms with Gasteiger partial charge in [-0.15, -0.1) is 0 Å². The third-order valence-corrected chi connectivity index (χ3v) is 20.1. The summed E-state index contributed by atoms with van der Waals surface area (Å²) in [4.78, 5) is 73.0. The molecule has 99 heavy (non-hydrogen) atoms. The van der Waals surface area contributed by atoms with Crippen molar-refractivity contribution in [2.24, 2.45) is 5.92 Å². The van der Waals surface area contributed by atoms with Crippen LogP contribution in [0.15, 0.2) is 24.3 Å². The average molecular weight is 1450 g/mol. The highest BCUT2D eigenvalue weighted by molar-refractivity contribution is 7.47. The van der Waals surface area contributed by atoms with Gasteiger partial charge in [-0.3, -0.25) is 37.3 Å². The van der Waals surface area contributed by atoms with Crippen LogP contribution >= 0.6 is 15.6 Å². The van der Waals surface area contributed by atoms with E-state index in [1.54, 1.807) is 0 Å². The molecule has 0 heterocycles. The van der Waals surface area contributed by atoms with Crippen molar-refractivity contribution in [2.75, 3.05) is 39.6 Å². The number of hydrogen-bond acceptors (Lipinski definition) is 15. The first-order valence-electron chi connectivity index (χ1n) is 41.0. The topological polar surface area (TPSA) is 237 Å². The molecule has 0 bridgehead atoms. The minimum atomic E-state index is -4.97. The first-order chi connectivity index (χ1) is 48.0. The number of unbranched alkanes of at least 4 members (excludes halogenated alkanes) is 47. The predicted molar refractivity (Wildman–Crippen MR) is 404 cm³/mol. The molecule has 0 aromatic rings. The Kier molecular flexibility index (Phi) is 70.7. The van der Waals surface area contributed by atoms with Crippen LogP contribution in [-0.2, 0) is 65.4 Å². The molecular formula is C80H152O17P2. The lowest BCUT2D eigenvalue weighted by molar-refractivity contribution is -0.161. The molecule has 0 rings (SSSR count). The lowest BCUT2D eigenvalue weighted by Gasteiger charge is -2.21. The minimum absolute atomic E-state index is 0.101. The normalized spacial score (nSPS) is 14.0. The average Bonchev–Trinajstić information content (AvgIpc) is 1.62. The largest absolute Gasteiger partial charge is 0.472 e. The van der Waals surface area contributed by atoms with Gasteiger partial charge in [0.25, 0.3) is 0 Å². The van der Waals surface area contributed by atoms with Gasteiger partial charge in [0.05, 0.1) is 26.4 Å². The van der Waals surface area contributed by atoms with Gasteiger partial charge in [-0.1, -0.05) is 348 Å². The molecule has 0 aromatic carbocycles. The van der Waals surface area contributed by atoms with Crippen LogP contribution in [0.4, 0.5) is 0 Å². The first-order valence-corrected chi connectivity index (χ1v) is 43.9. The maximum Gasteiger partial charge on any atom is 0.472 e. The van der Waals surface area contributed by atoms with E-state index in [-0.39, 0.29) is 25.7 Å². The van der Waals surface area contributed by atoms with E-state index in [2.05, 4.69) is 58.9 Å². The number of aliphatic hydroxyl groups excluding tert-OH is 1. The fourth-order valence-electron chi connectivity index (χ4n) is 11.9. The highest BCUT2D eigenvalue weighted by Crippen LogP contribution is 2.45. The summed E-state index contributed by atoms with van der Waals surface area (Å²) in [6.45, 7) is 7.28. The number of allylic oxidation sites excluding steroid dienone is 4. The number of aliphatic hydroxyl groups is 1. The Hall–Kier alpha value is -2.46. The van der Waals surface area contributed by atoms with E-state index in [4.69, 9.17) is 37.0 Å². The second-order valence-electron chi connectivity index (χ2n) is 28.6. The van der Waals surface area contributed by atoms with Gasteiger partial charge in [-0.2, -0.15) is 0 Å². The van der Waals surface area contributed by atoms with Crippen LogP contribution < -0.4 is 0 Å². The van der Waals surface area contributed by atoms with Crippen molar-refractivity contribution >= 4 is 39.5 Å². The van der Waals surface area contributed by atoms with E-state index in [9.17, 15) is 43.2 Å². The highest BCUT2D eigenvalue weighted by Gasteiger charge is 2.30. The molecule has 3 N–H and O–H groups in total. The molecule has 0 saturated heterocycles. The lowest BCUT2D eigenvalue weighted by Crippen LogP contribution is -2.30. The van der Waals surface area contributed by atoms with Gasteiger partial charge < -0.3 is 33.8 Å². The van der Waals surface area contributed by atoms with Crippen molar-refractivity contribution in [1.29, 1.82) is 0 Å². The van der Waals surface area contributed by atoms with Gasteiger partial charge in [0.15, 0.2) is 12.2 Å². The van der Waals surface area contributed by atoms with Gasteiger partial charge in [0, 0.05) is 25.7 Å². The van der Waals surface area contributed by atoms with E-state index >= 15 is 0 Å². The van der Waals surface area contributed by atoms with E-state index in [1.807, 2.05) is 0 Å². The number of ether oxygens (including phenoxy) is 4. The van der Waals surface area contributed by atoms with Crippen molar-refractivity contribution in [3.05, 3.63) is 24.3 Å². The molecule has 0 aromatic heterocycles. The van der Waals surface area contributed by atoms with Crippen molar-refractivity contribution in [3.63, 3.8) is 0 Å². The van der Waals surface area contributed by atoms with E-state index in [0.29, 0.717) is 25.7 Å². The van der Waals surface area contributed by atoms with Crippen LogP contribution in [0.3, 0.4) is 0 Å². The maximum absolute atomic E-state index is 13.1. The van der Waals surface area contributed by atoms with Crippen molar-refractivity contribution in [3.8, 4) is 0 Å². The molecule has 5 atom stereocenters. The Morgan fingerprint density at radius 1 is 0.313 bits per heavy atom. The fraction of sp³-hybridized carbons (Fsp3) is 0.900. The summed E-state index contributed by atoms with van der Waals surface area (Å²) in [6.07, 6.45) is 65.8. The van der Waals surface area contributed by atoms with E-state index < -0.39 is 97.5 Å². The standard InChI is InChI=1S/C80H152O17P2/c1-6-9-12-15-18-21-24-27-29-34-39-44-49-54-59-64-78(83)91-70-76(97-80(85)66-61-56-51-46-41-36-31-33-37-42-47-52-57-62-73(4)5)72-95-99(88,89)93-68-74(81)67-92-98(86,87)94-71-75(69-90-77(82)63-58-53-48-43-38-32-26-23-20-17-14-11-8-3)96-79(84)65-60-55-50-45-40-35-30-28-25-22-19-16-13-10-7-2/h21,24,27,29,73-76,81H,6-20,22-23,25-26,28,30-72H2,1-5H3,(H,86,87)(H,88,89)/b24-21-,29-27-/t74-,75+,76+/m0/s1. The smallest absolute Gasteiger partial charge is 0.462 e. The summed E-state index contributed by atoms with van der Waals surface area (Å²) < 4.78 is 68.7. The number of phosphoric acid groups is 2. The van der Waals surface area contributed by atoms with Gasteiger partial charge in [-0.05, 0) is 57.3 Å². The van der Waals surface area contributed by atoms with Crippen LogP contribution in [0.25, 0.3) is 0 Å². The zero-order chi connectivity index (χ0) is 72.7. The molecule has 17 nitrogen and oxygen atoms in total. The molecule has 2 unspecified atom stereocenters. The van der Waals surface area contributed by atoms with Crippen molar-refractivity contribution in [1.82, 2.24) is 0 Å². The SMILES string of the molecule is CCCCCC/C=C\C=C/CCCCCCCC(=O)OC[C@H](COP(=O)(O)OC[C@@H](O)COP(=O)(O)OC[C@@H](COC(=O)CCCCCCCCCCCCCCC)OC(=O)CCCCCCCCCCCCCCCCC)OC(=O)CCCCCCCCCCCCCCCC(C)C. The first kappa shape index (κ1) is 96.5. The van der Waals surface area contributed by atoms with Crippen LogP contribution in [-0.4, -0.2) is 96.7 Å². The van der Waals surface area contributed by atoms with Gasteiger partial charge in [-0.25, -0.2) is 9.13 Å². The number of hydrogen-bond donors (Lipinski definition) is 3. The van der Waals surface area contributed by atoms with Crippen LogP contribution in [0.1, 0.15) is 401 Å². The summed E-state index contributed by atoms with van der Waals surface area (Å²) in [7, 11) is -9.93. The summed E-state index contributed by atoms with van der Waals surface area (Å²) in [5, 5.41) is 10.6. The Morgan fingerprint density at radius 2 is 0.545 bits per heavy atom. The molecule has 0 spiro atoms. The summed E-state index contributed by atoms with van der Waals surface area (Å²) in [5.41, 5.74) is 0. The zero-order valence-electron chi connectivity index (χ0n) is 64.1. The van der Waals surface area contributed by atoms with E-state index in [0.717, 1.165) is 115 Å². The summed E-state index contributed by atoms with van der Waals surface area (Å²) in [5.74, 6) is -1.35. The fourth-order valence-corrected chi connectivity index (χ4v) is 13.4. The predicted octanol–water partition coefficient (Wildman–Crippen LogP) is 23.6. The monoisotopic (exact) mass is 1450 g/mol. The Labute approximate surface area is 605 Å². The molecule has 0 fully saturated rings. The molecule has 0 aliphatic rings. The lowest BCUT2D eigenvalue weighted by atomic mass is 10.0. The van der Waals surface area contributed by atoms with Gasteiger partial charge in [0.1, 0.15) is 19.3 Å². The Balaban J connectivity index is 5.30. The third kappa shape index (κ3) is 73.6. The van der Waals surface area contributed by atoms with Crippen LogP contribution in [0.2, 0.25) is 0 Å². The number of carbonyl (C=O) groups excluding carboxylic acids is 4. The Morgan fingerprint density at radius 3 is 0.828 bits per heavy atom. The molecule has 0 amide bonds. The number of esters is 4. The second kappa shape index (κ2) is 72.5. The maximum atomic E-state index is 13.1. The quantitative estimate of drug-likeness (QED) is 0.0169. The molecular weight excluding hydrogens is 1290 g/mol. The molecule has 0 radical (unpaired) electrons. The van der Waals surface area contributed by atoms with Gasteiger partial charge >= 0.3 is 39.5 Å². The second-order valence-corrected chi connectivity index (χ2v) is 31.5. The highest BCUT2D eigenvalue weighted by atomic mass is 31.2. The van der Waals surface area contributed by atoms with Crippen LogP contribution in [0.5, 0.6) is 0 Å². The molecule has 0 aliphatic carbocycles. The molecule has 584 valence electrons. The summed E-state index contributed by atoms with van der Waals surface area (Å²) >= 11 is 0. The minimum Gasteiger partial charge on any atom is -0.462 e. The Bertz CT molecular complexity index is 1990. The number of phosphoric ester groups is 2. The summed E-state index contributed by atoms with van der Waals surface area (Å²) in [6, 6.07) is 0. The van der Waals surface area contributed by atoms with Gasteiger partial charge in [0.2, 0.25) is 0 Å². The van der Waals surface area contributed by atoms with Crippen LogP contribution in [0, 0.1) is 5.92 Å². The molecule has 0 saturated carbocycles. The van der Waals surface area contributed by atoms with Crippen molar-refractivity contribution < 1.29 is 80.2 Å².